The van der Waals surface area contributed by atoms with Gasteiger partial charge in [-0.1, -0.05) is 20.8 Å². The average Bonchev–Trinajstić information content (AvgIpc) is 2.81. The lowest BCUT2D eigenvalue weighted by atomic mass is 10.2. The molecule has 2 heterocycles. The first-order valence-corrected chi connectivity index (χ1v) is 7.53. The number of nitrogens with zero attached hydrogens (tertiary/aromatic N) is 2. The first kappa shape index (κ1) is 14.7. The normalized spacial score (nSPS) is 12.8. The Morgan fingerprint density at radius 1 is 1.40 bits per heavy atom. The van der Waals surface area contributed by atoms with E-state index >= 15 is 0 Å². The number of hydrogen-bond acceptors (Lipinski definition) is 5. The summed E-state index contributed by atoms with van der Waals surface area (Å²) in [6.45, 7) is 7.76. The van der Waals surface area contributed by atoms with Crippen LogP contribution in [-0.4, -0.2) is 27.1 Å². The molecule has 0 radical (unpaired) electrons. The molecule has 0 saturated carbocycles. The van der Waals surface area contributed by atoms with Crippen LogP contribution in [0.2, 0.25) is 0 Å². The lowest BCUT2D eigenvalue weighted by Crippen LogP contribution is -2.26. The first-order chi connectivity index (χ1) is 9.42. The Bertz CT molecular complexity index is 637. The largest absolute Gasteiger partial charge is 0.480 e. The molecular weight excluding hydrogens is 274 g/mol. The van der Waals surface area contributed by atoms with Gasteiger partial charge in [-0.15, -0.1) is 11.3 Å². The lowest BCUT2D eigenvalue weighted by molar-refractivity contribution is -0.137. The summed E-state index contributed by atoms with van der Waals surface area (Å²) < 4.78 is 0. The van der Waals surface area contributed by atoms with Gasteiger partial charge in [-0.25, -0.2) is 9.97 Å². The number of carbonyl (C=O) groups is 1. The van der Waals surface area contributed by atoms with E-state index in [1.54, 1.807) is 18.3 Å². The molecule has 0 fully saturated rings. The Morgan fingerprint density at radius 2 is 2.10 bits per heavy atom. The van der Waals surface area contributed by atoms with Crippen molar-refractivity contribution in [2.45, 2.75) is 46.1 Å². The molecule has 2 aromatic rings. The van der Waals surface area contributed by atoms with Crippen LogP contribution in [0, 0.1) is 0 Å². The number of hydrogen-bond donors (Lipinski definition) is 2. The number of rotatable bonds is 5. The Morgan fingerprint density at radius 3 is 2.65 bits per heavy atom. The fourth-order valence-corrected chi connectivity index (χ4v) is 2.77. The van der Waals surface area contributed by atoms with Gasteiger partial charge in [-0.2, -0.15) is 0 Å². The van der Waals surface area contributed by atoms with E-state index in [2.05, 4.69) is 22.2 Å². The van der Waals surface area contributed by atoms with E-state index in [0.717, 1.165) is 22.5 Å². The van der Waals surface area contributed by atoms with Crippen LogP contribution >= 0.6 is 11.3 Å². The molecule has 0 bridgehead atoms. The molecule has 5 nitrogen and oxygen atoms in total. The zero-order valence-electron chi connectivity index (χ0n) is 12.1. The van der Waals surface area contributed by atoms with E-state index in [1.165, 1.54) is 4.88 Å². The summed E-state index contributed by atoms with van der Waals surface area (Å²) in [5.41, 5.74) is 0. The van der Waals surface area contributed by atoms with E-state index in [-0.39, 0.29) is 5.92 Å². The Kier molecular flexibility index (Phi) is 4.23. The summed E-state index contributed by atoms with van der Waals surface area (Å²) in [5.74, 6) is 0.660. The van der Waals surface area contributed by atoms with Crippen molar-refractivity contribution in [3.05, 3.63) is 16.8 Å². The number of nitrogens with one attached hydrogen (secondary N) is 1. The Labute approximate surface area is 122 Å². The van der Waals surface area contributed by atoms with Crippen molar-refractivity contribution in [3.63, 3.8) is 0 Å². The SMILES string of the molecule is CCc1cc2c(NC(C)C(=O)O)nc(C(C)C)nc2s1. The third kappa shape index (κ3) is 2.90. The van der Waals surface area contributed by atoms with E-state index in [4.69, 9.17) is 5.11 Å². The minimum atomic E-state index is -0.895. The van der Waals surface area contributed by atoms with Gasteiger partial charge in [-0.3, -0.25) is 4.79 Å². The Hall–Kier alpha value is -1.69. The minimum Gasteiger partial charge on any atom is -0.480 e. The second-order valence-corrected chi connectivity index (χ2v) is 6.19. The van der Waals surface area contributed by atoms with Crippen molar-refractivity contribution in [2.24, 2.45) is 0 Å². The molecule has 20 heavy (non-hydrogen) atoms. The monoisotopic (exact) mass is 293 g/mol. The summed E-state index contributed by atoms with van der Waals surface area (Å²) in [6.07, 6.45) is 0.936. The third-order valence-electron chi connectivity index (χ3n) is 3.05. The molecule has 1 atom stereocenters. The topological polar surface area (TPSA) is 75.1 Å². The molecule has 0 aromatic carbocycles. The second kappa shape index (κ2) is 5.75. The highest BCUT2D eigenvalue weighted by Crippen LogP contribution is 2.31. The van der Waals surface area contributed by atoms with Gasteiger partial charge in [0.25, 0.3) is 0 Å². The highest BCUT2D eigenvalue weighted by atomic mass is 32.1. The van der Waals surface area contributed by atoms with Crippen LogP contribution in [-0.2, 0) is 11.2 Å². The molecule has 0 amide bonds. The quantitative estimate of drug-likeness (QED) is 0.885. The van der Waals surface area contributed by atoms with Gasteiger partial charge in [0.1, 0.15) is 22.5 Å². The van der Waals surface area contributed by atoms with Crippen molar-refractivity contribution in [2.75, 3.05) is 5.32 Å². The molecule has 0 saturated heterocycles. The number of aromatic nitrogens is 2. The highest BCUT2D eigenvalue weighted by Gasteiger charge is 2.17. The molecule has 0 aliphatic heterocycles. The number of aryl methyl sites for hydroxylation is 1. The van der Waals surface area contributed by atoms with Crippen LogP contribution in [0.5, 0.6) is 0 Å². The number of carboxylic acid groups (broad SMARTS) is 1. The molecular formula is C14H19N3O2S. The van der Waals surface area contributed by atoms with Gasteiger partial charge >= 0.3 is 5.97 Å². The molecule has 2 aromatic heterocycles. The van der Waals surface area contributed by atoms with Gasteiger partial charge < -0.3 is 10.4 Å². The average molecular weight is 293 g/mol. The zero-order valence-corrected chi connectivity index (χ0v) is 12.9. The molecule has 6 heteroatoms. The molecule has 108 valence electrons. The fraction of sp³-hybridized carbons (Fsp3) is 0.500. The standard InChI is InChI=1S/C14H19N3O2S/c1-5-9-6-10-12(15-8(4)14(18)19)16-11(7(2)3)17-13(10)20-9/h6-8H,5H2,1-4H3,(H,18,19)(H,15,16,17). The maximum Gasteiger partial charge on any atom is 0.325 e. The molecule has 2 rings (SSSR count). The van der Waals surface area contributed by atoms with Gasteiger partial charge in [0.15, 0.2) is 0 Å². The number of carboxylic acids is 1. The van der Waals surface area contributed by atoms with Gasteiger partial charge in [0.05, 0.1) is 5.39 Å². The van der Waals surface area contributed by atoms with Crippen molar-refractivity contribution < 1.29 is 9.90 Å². The first-order valence-electron chi connectivity index (χ1n) is 6.72. The molecule has 2 N–H and O–H groups in total. The predicted molar refractivity (Wildman–Crippen MR) is 81.6 cm³/mol. The summed E-state index contributed by atoms with van der Waals surface area (Å²) in [7, 11) is 0. The van der Waals surface area contributed by atoms with Gasteiger partial charge in [0.2, 0.25) is 0 Å². The van der Waals surface area contributed by atoms with Crippen molar-refractivity contribution in [3.8, 4) is 0 Å². The van der Waals surface area contributed by atoms with Crippen LogP contribution in [0.3, 0.4) is 0 Å². The van der Waals surface area contributed by atoms with Crippen LogP contribution < -0.4 is 5.32 Å². The highest BCUT2D eigenvalue weighted by molar-refractivity contribution is 7.18. The lowest BCUT2D eigenvalue weighted by Gasteiger charge is -2.13. The van der Waals surface area contributed by atoms with E-state index in [1.807, 2.05) is 19.9 Å². The maximum absolute atomic E-state index is 11.0. The van der Waals surface area contributed by atoms with Crippen molar-refractivity contribution >= 4 is 33.3 Å². The summed E-state index contributed by atoms with van der Waals surface area (Å²) in [5, 5.41) is 12.9. The molecule has 0 spiro atoms. The number of aliphatic carboxylic acids is 1. The van der Waals surface area contributed by atoms with E-state index in [9.17, 15) is 4.79 Å². The minimum absolute atomic E-state index is 0.201. The van der Waals surface area contributed by atoms with Crippen LogP contribution in [0.4, 0.5) is 5.82 Å². The maximum atomic E-state index is 11.0. The summed E-state index contributed by atoms with van der Waals surface area (Å²) in [4.78, 5) is 22.2. The smallest absolute Gasteiger partial charge is 0.325 e. The fourth-order valence-electron chi connectivity index (χ4n) is 1.80. The molecule has 1 unspecified atom stereocenters. The van der Waals surface area contributed by atoms with Gasteiger partial charge in [-0.05, 0) is 19.4 Å². The van der Waals surface area contributed by atoms with E-state index in [0.29, 0.717) is 5.82 Å². The predicted octanol–water partition coefficient (Wildman–Crippen LogP) is 3.26. The summed E-state index contributed by atoms with van der Waals surface area (Å²) in [6, 6.07) is 1.36. The van der Waals surface area contributed by atoms with Crippen molar-refractivity contribution in [1.82, 2.24) is 9.97 Å². The van der Waals surface area contributed by atoms with Crippen molar-refractivity contribution in [1.29, 1.82) is 0 Å². The Balaban J connectivity index is 2.53. The second-order valence-electron chi connectivity index (χ2n) is 5.07. The number of fused-ring (bicyclic) bond motifs is 1. The summed E-state index contributed by atoms with van der Waals surface area (Å²) >= 11 is 1.64. The molecule has 0 aliphatic carbocycles. The van der Waals surface area contributed by atoms with Crippen LogP contribution in [0.1, 0.15) is 44.3 Å². The van der Waals surface area contributed by atoms with Gasteiger partial charge in [0, 0.05) is 10.8 Å². The third-order valence-corrected chi connectivity index (χ3v) is 4.22. The number of thiophene rings is 1. The number of anilines is 1. The van der Waals surface area contributed by atoms with Crippen LogP contribution in [0.25, 0.3) is 10.2 Å². The van der Waals surface area contributed by atoms with E-state index < -0.39 is 12.0 Å². The molecule has 0 aliphatic rings. The zero-order chi connectivity index (χ0) is 14.9. The van der Waals surface area contributed by atoms with Crippen LogP contribution in [0.15, 0.2) is 6.07 Å².